The molecule has 67 heavy (non-hydrogen) atoms. The van der Waals surface area contributed by atoms with E-state index >= 15 is 0 Å². The minimum Gasteiger partial charge on any atom is -0.486 e. The van der Waals surface area contributed by atoms with Crippen LogP contribution < -0.4 is 5.19 Å². The molecule has 0 aliphatic heterocycles. The number of nitrogens with zero attached hydrogens (tertiary/aromatic N) is 4. The molecule has 0 saturated carbocycles. The Balaban J connectivity index is 0.000000226. The van der Waals surface area contributed by atoms with Crippen molar-refractivity contribution in [1.29, 1.82) is 0 Å². The van der Waals surface area contributed by atoms with Crippen molar-refractivity contribution in [3.63, 3.8) is 0 Å². The second kappa shape index (κ2) is 19.2. The molecule has 0 N–H and O–H groups in total. The van der Waals surface area contributed by atoms with Crippen LogP contribution in [0.4, 0.5) is 4.39 Å². The van der Waals surface area contributed by atoms with Crippen molar-refractivity contribution < 1.29 is 28.9 Å². The number of hydrogen-bond acceptors (Lipinski definition) is 4. The Bertz CT molecular complexity index is 3450. The van der Waals surface area contributed by atoms with Gasteiger partial charge in [0.25, 0.3) is 0 Å². The van der Waals surface area contributed by atoms with Crippen molar-refractivity contribution in [3.05, 3.63) is 205 Å². The maximum Gasteiger partial charge on any atom is 0.216 e. The Morgan fingerprint density at radius 1 is 0.657 bits per heavy atom. The molecule has 0 amide bonds. The van der Waals surface area contributed by atoms with Crippen molar-refractivity contribution in [2.75, 3.05) is 0 Å². The molecular weight excluding hydrogens is 1020 g/mol. The van der Waals surface area contributed by atoms with Crippen LogP contribution in [-0.2, 0) is 33.1 Å². The molecule has 5 nitrogen and oxygen atoms in total. The molecule has 0 atom stereocenters. The van der Waals surface area contributed by atoms with Crippen molar-refractivity contribution in [3.8, 4) is 44.9 Å². The van der Waals surface area contributed by atoms with Crippen LogP contribution in [0.1, 0.15) is 25.0 Å². The Morgan fingerprint density at radius 2 is 1.33 bits per heavy atom. The van der Waals surface area contributed by atoms with Gasteiger partial charge in [-0.25, -0.2) is 9.37 Å². The summed E-state index contributed by atoms with van der Waals surface area (Å²) in [6.07, 6.45) is 3.24. The van der Waals surface area contributed by atoms with Crippen molar-refractivity contribution >= 4 is 57.3 Å². The van der Waals surface area contributed by atoms with E-state index in [-0.39, 0.29) is 25.9 Å². The van der Waals surface area contributed by atoms with Gasteiger partial charge in [0, 0.05) is 43.6 Å². The number of halogens is 1. The fourth-order valence-corrected chi connectivity index (χ4v) is 10.7. The van der Waals surface area contributed by atoms with E-state index in [0.717, 1.165) is 73.1 Å². The van der Waals surface area contributed by atoms with Crippen LogP contribution in [0, 0.1) is 23.9 Å². The van der Waals surface area contributed by atoms with Crippen LogP contribution in [0.2, 0.25) is 19.6 Å². The maximum absolute atomic E-state index is 14.8. The zero-order chi connectivity index (χ0) is 45.4. The first-order valence-electron chi connectivity index (χ1n) is 22.6. The monoisotopic (exact) mass is 1070 g/mol. The van der Waals surface area contributed by atoms with Crippen LogP contribution in [0.15, 0.2) is 180 Å². The van der Waals surface area contributed by atoms with Crippen molar-refractivity contribution in [2.45, 2.75) is 46.5 Å². The molecule has 0 bridgehead atoms. The van der Waals surface area contributed by atoms with E-state index in [0.29, 0.717) is 34.7 Å². The van der Waals surface area contributed by atoms with Gasteiger partial charge in [-0.15, -0.1) is 54.1 Å². The molecule has 0 saturated heterocycles. The number of rotatable bonds is 9. The summed E-state index contributed by atoms with van der Waals surface area (Å²) >= 11 is 0. The third-order valence-electron chi connectivity index (χ3n) is 12.2. The zero-order valence-electron chi connectivity index (χ0n) is 38.1. The summed E-state index contributed by atoms with van der Waals surface area (Å²) in [6, 6.07) is 63.4. The standard InChI is InChI=1S/C41H25FN3O.C18H24NSi.Ir/c42-35-20-11-22-36-33(35)24-32-30-18-10-19-31(39(30)46-41(32)44-36)40-43-37-21-7-8-23-38(37)45(40)25-34-28(26-12-3-1-4-13-26)16-9-17-29(34)27-14-5-2-6-15-27;1-14(2)11-16-12-17(15-9-7-6-8-10-15)19-13-18(16)20(3,4)5;/h1-18,20-24H,25H2;6-9,12-14H,11H2,1-5H3;/q2*-1;. The fraction of sp³-hybridized carbons (Fsp3) is 0.136. The summed E-state index contributed by atoms with van der Waals surface area (Å²) in [5.41, 5.74) is 13.7. The van der Waals surface area contributed by atoms with E-state index in [4.69, 9.17) is 9.40 Å². The number of aromatic nitrogens is 4. The topological polar surface area (TPSA) is 56.7 Å². The fourth-order valence-electron chi connectivity index (χ4n) is 9.08. The predicted octanol–water partition coefficient (Wildman–Crippen LogP) is 14.8. The van der Waals surface area contributed by atoms with Gasteiger partial charge >= 0.3 is 0 Å². The van der Waals surface area contributed by atoms with E-state index in [1.807, 2.05) is 66.7 Å². The van der Waals surface area contributed by atoms with Crippen LogP contribution in [0.3, 0.4) is 0 Å². The number of para-hydroxylation sites is 2. The normalized spacial score (nSPS) is 11.6. The minimum absolute atomic E-state index is 0. The van der Waals surface area contributed by atoms with Gasteiger partial charge in [0.05, 0.1) is 36.0 Å². The summed E-state index contributed by atoms with van der Waals surface area (Å²) in [7, 11) is -1.34. The first-order chi connectivity index (χ1) is 32.1. The molecule has 4 heterocycles. The molecule has 0 fully saturated rings. The second-order valence-corrected chi connectivity index (χ2v) is 23.3. The maximum atomic E-state index is 14.8. The van der Waals surface area contributed by atoms with Crippen LogP contribution in [0.5, 0.6) is 0 Å². The second-order valence-electron chi connectivity index (χ2n) is 18.3. The predicted molar refractivity (Wildman–Crippen MR) is 273 cm³/mol. The molecule has 0 aliphatic carbocycles. The molecule has 1 radical (unpaired) electrons. The summed E-state index contributed by atoms with van der Waals surface area (Å²) in [5, 5.41) is 3.55. The SMILES string of the molecule is CC(C)Cc1cc(-c2[c-]cccc2)ncc1[Si](C)(C)C.Fc1cccc2nc3oc4c(-c5nc6ccccc6n5Cc5c(-c6ccccc6)cccc5-c5ccccc5)[c-]ccc4c3cc12.[Ir]. The van der Waals surface area contributed by atoms with E-state index in [9.17, 15) is 4.39 Å². The van der Waals surface area contributed by atoms with Gasteiger partial charge < -0.3 is 14.0 Å². The molecule has 8 heteroatoms. The molecule has 0 spiro atoms. The van der Waals surface area contributed by atoms with Gasteiger partial charge in [-0.05, 0) is 81.4 Å². The van der Waals surface area contributed by atoms with E-state index in [1.54, 1.807) is 12.1 Å². The van der Waals surface area contributed by atoms with Crippen LogP contribution in [0.25, 0.3) is 88.9 Å². The summed E-state index contributed by atoms with van der Waals surface area (Å²) < 4.78 is 23.5. The Hall–Kier alpha value is -6.83. The molecule has 333 valence electrons. The van der Waals surface area contributed by atoms with Gasteiger partial charge in [-0.2, -0.15) is 0 Å². The smallest absolute Gasteiger partial charge is 0.216 e. The third kappa shape index (κ3) is 9.18. The molecule has 0 aliphatic rings. The number of fused-ring (bicyclic) bond motifs is 5. The number of benzene rings is 7. The molecule has 11 aromatic rings. The van der Waals surface area contributed by atoms with Gasteiger partial charge in [-0.1, -0.05) is 153 Å². The quantitative estimate of drug-likeness (QED) is 0.107. The van der Waals surface area contributed by atoms with E-state index in [2.05, 4.69) is 151 Å². The average Bonchev–Trinajstić information content (AvgIpc) is 3.89. The molecule has 4 aromatic heterocycles. The van der Waals surface area contributed by atoms with Gasteiger partial charge in [0.1, 0.15) is 5.82 Å². The average molecular weight is 1070 g/mol. The van der Waals surface area contributed by atoms with E-state index in [1.165, 1.54) is 22.4 Å². The molecule has 7 aromatic carbocycles. The zero-order valence-corrected chi connectivity index (χ0v) is 41.5. The Morgan fingerprint density at radius 3 is 2.01 bits per heavy atom. The van der Waals surface area contributed by atoms with Crippen LogP contribution in [-0.4, -0.2) is 27.6 Å². The van der Waals surface area contributed by atoms with Gasteiger partial charge in [0.15, 0.2) is 0 Å². The van der Waals surface area contributed by atoms with Gasteiger partial charge in [0.2, 0.25) is 5.71 Å². The largest absolute Gasteiger partial charge is 0.486 e. The Labute approximate surface area is 405 Å². The Kier molecular flexibility index (Phi) is 13.0. The minimum atomic E-state index is -1.34. The first kappa shape index (κ1) is 45.3. The number of imidazole rings is 1. The molecule has 11 rings (SSSR count). The first-order valence-corrected chi connectivity index (χ1v) is 26.1. The van der Waals surface area contributed by atoms with Crippen molar-refractivity contribution in [1.82, 2.24) is 19.5 Å². The summed E-state index contributed by atoms with van der Waals surface area (Å²) in [4.78, 5) is 14.5. The molecule has 0 unspecified atom stereocenters. The molecular formula is C59H49FIrN4OSi-2. The van der Waals surface area contributed by atoms with Gasteiger partial charge in [-0.3, -0.25) is 4.98 Å². The van der Waals surface area contributed by atoms with Crippen molar-refractivity contribution in [2.24, 2.45) is 5.92 Å². The number of hydrogen-bond donors (Lipinski definition) is 0. The van der Waals surface area contributed by atoms with E-state index < -0.39 is 8.07 Å². The van der Waals surface area contributed by atoms with Crippen LogP contribution >= 0.6 is 0 Å². The number of pyridine rings is 2. The summed E-state index contributed by atoms with van der Waals surface area (Å²) in [6.45, 7) is 12.3. The third-order valence-corrected chi connectivity index (χ3v) is 14.2. The number of furan rings is 1. The summed E-state index contributed by atoms with van der Waals surface area (Å²) in [5.74, 6) is 1.10.